The summed E-state index contributed by atoms with van der Waals surface area (Å²) < 4.78 is 26.0. The third-order valence-corrected chi connectivity index (χ3v) is 2.19. The van der Waals surface area contributed by atoms with Crippen molar-refractivity contribution < 1.29 is 23.5 Å². The highest BCUT2D eigenvalue weighted by Crippen LogP contribution is 2.14. The number of hydrogen-bond donors (Lipinski definition) is 3. The minimum absolute atomic E-state index is 0.175. The molecule has 1 rings (SSSR count). The molecule has 98 valence electrons. The van der Waals surface area contributed by atoms with Crippen LogP contribution in [-0.4, -0.2) is 23.1 Å². The summed E-state index contributed by atoms with van der Waals surface area (Å²) in [5.41, 5.74) is -0.354. The number of anilines is 1. The summed E-state index contributed by atoms with van der Waals surface area (Å²) in [4.78, 5) is 22.0. The van der Waals surface area contributed by atoms with Crippen LogP contribution in [0.25, 0.3) is 0 Å². The average Bonchev–Trinajstić information content (AvgIpc) is 2.30. The van der Waals surface area contributed by atoms with E-state index in [0.717, 1.165) is 18.2 Å². The van der Waals surface area contributed by atoms with Crippen LogP contribution in [-0.2, 0) is 4.79 Å². The van der Waals surface area contributed by atoms with Gasteiger partial charge in [-0.3, -0.25) is 0 Å². The van der Waals surface area contributed by atoms with E-state index in [1.807, 2.05) is 5.32 Å². The zero-order valence-corrected chi connectivity index (χ0v) is 9.54. The normalized spacial score (nSPS) is 11.7. The zero-order chi connectivity index (χ0) is 13.7. The maximum atomic E-state index is 13.2. The first-order chi connectivity index (χ1) is 8.43. The molecule has 2 amide bonds. The van der Waals surface area contributed by atoms with E-state index in [2.05, 4.69) is 5.32 Å². The first-order valence-electron chi connectivity index (χ1n) is 5.19. The Morgan fingerprint density at radius 3 is 2.61 bits per heavy atom. The fourth-order valence-electron chi connectivity index (χ4n) is 1.25. The molecule has 0 aromatic heterocycles. The molecule has 1 atom stereocenters. The largest absolute Gasteiger partial charge is 0.480 e. The van der Waals surface area contributed by atoms with Gasteiger partial charge in [0, 0.05) is 6.07 Å². The summed E-state index contributed by atoms with van der Waals surface area (Å²) >= 11 is 0. The van der Waals surface area contributed by atoms with Crippen molar-refractivity contribution in [1.29, 1.82) is 0 Å². The van der Waals surface area contributed by atoms with E-state index in [4.69, 9.17) is 5.11 Å². The Balaban J connectivity index is 2.70. The quantitative estimate of drug-likeness (QED) is 0.772. The van der Waals surface area contributed by atoms with Gasteiger partial charge < -0.3 is 15.7 Å². The maximum Gasteiger partial charge on any atom is 0.326 e. The number of amides is 2. The lowest BCUT2D eigenvalue weighted by atomic mass is 10.2. The summed E-state index contributed by atoms with van der Waals surface area (Å²) in [5, 5.41) is 12.9. The van der Waals surface area contributed by atoms with Gasteiger partial charge in [0.15, 0.2) is 0 Å². The molecule has 0 heterocycles. The fraction of sp³-hybridized carbons (Fsp3) is 0.273. The van der Waals surface area contributed by atoms with Crippen LogP contribution in [0.4, 0.5) is 19.3 Å². The van der Waals surface area contributed by atoms with Crippen molar-refractivity contribution in [2.45, 2.75) is 19.4 Å². The second-order valence-corrected chi connectivity index (χ2v) is 3.52. The van der Waals surface area contributed by atoms with Gasteiger partial charge in [-0.05, 0) is 18.6 Å². The Morgan fingerprint density at radius 2 is 2.06 bits per heavy atom. The predicted molar refractivity (Wildman–Crippen MR) is 60.2 cm³/mol. The third-order valence-electron chi connectivity index (χ3n) is 2.19. The lowest BCUT2D eigenvalue weighted by Crippen LogP contribution is -2.42. The second kappa shape index (κ2) is 5.95. The number of carbonyl (C=O) groups excluding carboxylic acids is 1. The molecule has 7 heteroatoms. The van der Waals surface area contributed by atoms with Crippen LogP contribution < -0.4 is 10.6 Å². The van der Waals surface area contributed by atoms with Gasteiger partial charge in [-0.25, -0.2) is 18.4 Å². The monoisotopic (exact) mass is 258 g/mol. The van der Waals surface area contributed by atoms with E-state index in [0.29, 0.717) is 0 Å². The van der Waals surface area contributed by atoms with Gasteiger partial charge >= 0.3 is 12.0 Å². The van der Waals surface area contributed by atoms with Crippen molar-refractivity contribution >= 4 is 17.7 Å². The summed E-state index contributed by atoms with van der Waals surface area (Å²) in [6.07, 6.45) is 0.175. The Hall–Kier alpha value is -2.18. The summed E-state index contributed by atoms with van der Waals surface area (Å²) in [6, 6.07) is 0.580. The third kappa shape index (κ3) is 3.69. The lowest BCUT2D eigenvalue weighted by molar-refractivity contribution is -0.139. The molecule has 5 nitrogen and oxygen atoms in total. The molecule has 0 radical (unpaired) electrons. The van der Waals surface area contributed by atoms with Gasteiger partial charge in [-0.2, -0.15) is 0 Å². The van der Waals surface area contributed by atoms with Crippen LogP contribution in [0.2, 0.25) is 0 Å². The van der Waals surface area contributed by atoms with Crippen molar-refractivity contribution in [3.05, 3.63) is 29.8 Å². The Labute approximate surface area is 102 Å². The molecule has 1 aromatic rings. The number of carboxylic acids is 1. The smallest absolute Gasteiger partial charge is 0.326 e. The zero-order valence-electron chi connectivity index (χ0n) is 9.54. The molecule has 18 heavy (non-hydrogen) atoms. The number of nitrogens with one attached hydrogen (secondary N) is 2. The molecule has 0 spiro atoms. The minimum Gasteiger partial charge on any atom is -0.480 e. The van der Waals surface area contributed by atoms with Crippen molar-refractivity contribution in [2.75, 3.05) is 5.32 Å². The summed E-state index contributed by atoms with van der Waals surface area (Å²) in [5.74, 6) is -2.72. The van der Waals surface area contributed by atoms with Gasteiger partial charge in [0.05, 0.1) is 5.69 Å². The van der Waals surface area contributed by atoms with E-state index < -0.39 is 29.7 Å². The van der Waals surface area contributed by atoms with E-state index in [1.165, 1.54) is 0 Å². The fourth-order valence-corrected chi connectivity index (χ4v) is 1.25. The number of aliphatic carboxylic acids is 1. The van der Waals surface area contributed by atoms with Crippen LogP contribution in [0.3, 0.4) is 0 Å². The molecular weight excluding hydrogens is 246 g/mol. The van der Waals surface area contributed by atoms with Gasteiger partial charge in [0.2, 0.25) is 0 Å². The van der Waals surface area contributed by atoms with Crippen LogP contribution in [0.1, 0.15) is 13.3 Å². The Morgan fingerprint density at radius 1 is 1.39 bits per heavy atom. The highest BCUT2D eigenvalue weighted by Gasteiger charge is 2.18. The number of urea groups is 1. The first-order valence-corrected chi connectivity index (χ1v) is 5.19. The van der Waals surface area contributed by atoms with E-state index in [9.17, 15) is 18.4 Å². The number of halogens is 2. The topological polar surface area (TPSA) is 78.4 Å². The molecule has 0 bridgehead atoms. The Bertz CT molecular complexity index is 466. The van der Waals surface area contributed by atoms with E-state index >= 15 is 0 Å². The predicted octanol–water partition coefficient (Wildman–Crippen LogP) is 1.95. The van der Waals surface area contributed by atoms with Crippen molar-refractivity contribution in [1.82, 2.24) is 5.32 Å². The van der Waals surface area contributed by atoms with Crippen LogP contribution >= 0.6 is 0 Å². The number of carbonyl (C=O) groups is 2. The van der Waals surface area contributed by atoms with Crippen molar-refractivity contribution in [2.24, 2.45) is 0 Å². The molecule has 0 fully saturated rings. The molecule has 0 aliphatic carbocycles. The number of carboxylic acid groups (broad SMARTS) is 1. The highest BCUT2D eigenvalue weighted by atomic mass is 19.1. The van der Waals surface area contributed by atoms with Gasteiger partial charge in [0.25, 0.3) is 0 Å². The van der Waals surface area contributed by atoms with Gasteiger partial charge in [0.1, 0.15) is 17.7 Å². The lowest BCUT2D eigenvalue weighted by Gasteiger charge is -2.13. The molecule has 0 saturated carbocycles. The van der Waals surface area contributed by atoms with Gasteiger partial charge in [-0.1, -0.05) is 6.92 Å². The summed E-state index contributed by atoms with van der Waals surface area (Å²) in [7, 11) is 0. The molecule has 0 aliphatic rings. The molecule has 1 aromatic carbocycles. The molecular formula is C11H12F2N2O3. The number of rotatable bonds is 4. The molecule has 0 aliphatic heterocycles. The maximum absolute atomic E-state index is 13.2. The Kier molecular flexibility index (Phi) is 4.59. The number of hydrogen-bond acceptors (Lipinski definition) is 2. The van der Waals surface area contributed by atoms with E-state index in [1.54, 1.807) is 6.92 Å². The first kappa shape index (κ1) is 13.9. The highest BCUT2D eigenvalue weighted by molar-refractivity contribution is 5.92. The molecule has 3 N–H and O–H groups in total. The average molecular weight is 258 g/mol. The van der Waals surface area contributed by atoms with Crippen LogP contribution in [0.15, 0.2) is 18.2 Å². The molecule has 0 unspecified atom stereocenters. The molecule has 0 saturated heterocycles. The van der Waals surface area contributed by atoms with Crippen molar-refractivity contribution in [3.63, 3.8) is 0 Å². The SMILES string of the molecule is CC[C@H](NC(=O)Nc1cc(F)ccc1F)C(=O)O. The van der Waals surface area contributed by atoms with Crippen LogP contribution in [0.5, 0.6) is 0 Å². The van der Waals surface area contributed by atoms with Crippen molar-refractivity contribution in [3.8, 4) is 0 Å². The standard InChI is InChI=1S/C11H12F2N2O3/c1-2-8(10(16)17)14-11(18)15-9-5-6(12)3-4-7(9)13/h3-5,8H,2H2,1H3,(H,16,17)(H2,14,15,18)/t8-/m0/s1. The second-order valence-electron chi connectivity index (χ2n) is 3.52. The van der Waals surface area contributed by atoms with Gasteiger partial charge in [-0.15, -0.1) is 0 Å². The summed E-state index contributed by atoms with van der Waals surface area (Å²) in [6.45, 7) is 1.57. The van der Waals surface area contributed by atoms with Crippen LogP contribution in [0, 0.1) is 11.6 Å². The van der Waals surface area contributed by atoms with E-state index in [-0.39, 0.29) is 12.1 Å². The minimum atomic E-state index is -1.20. The number of benzene rings is 1.